The standard InChI is InChI=1S/C17H20ClNO2/c1-12(14-4-6-15(18)7-5-14)19-11-13-8-16(20-2)10-17(9-13)21-3/h4-10,12,19H,11H2,1-3H3/t12-/m0/s1. The minimum atomic E-state index is 0.236. The second kappa shape index (κ2) is 7.34. The monoisotopic (exact) mass is 305 g/mol. The molecule has 0 radical (unpaired) electrons. The van der Waals surface area contributed by atoms with E-state index in [-0.39, 0.29) is 6.04 Å². The molecule has 1 N–H and O–H groups in total. The summed E-state index contributed by atoms with van der Waals surface area (Å²) >= 11 is 5.91. The summed E-state index contributed by atoms with van der Waals surface area (Å²) in [6, 6.07) is 14.0. The van der Waals surface area contributed by atoms with Gasteiger partial charge in [-0.05, 0) is 42.3 Å². The van der Waals surface area contributed by atoms with Crippen molar-refractivity contribution in [2.24, 2.45) is 0 Å². The van der Waals surface area contributed by atoms with Crippen LogP contribution in [0.3, 0.4) is 0 Å². The molecular weight excluding hydrogens is 286 g/mol. The van der Waals surface area contributed by atoms with Gasteiger partial charge < -0.3 is 14.8 Å². The van der Waals surface area contributed by atoms with E-state index >= 15 is 0 Å². The quantitative estimate of drug-likeness (QED) is 0.867. The maximum atomic E-state index is 5.91. The van der Waals surface area contributed by atoms with E-state index in [1.54, 1.807) is 14.2 Å². The summed E-state index contributed by atoms with van der Waals surface area (Å²) < 4.78 is 10.6. The molecule has 0 unspecified atom stereocenters. The molecule has 0 saturated carbocycles. The lowest BCUT2D eigenvalue weighted by Gasteiger charge is -2.15. The molecule has 2 rings (SSSR count). The number of nitrogens with one attached hydrogen (secondary N) is 1. The van der Waals surface area contributed by atoms with Crippen molar-refractivity contribution in [2.45, 2.75) is 19.5 Å². The first-order chi connectivity index (χ1) is 10.1. The molecule has 0 bridgehead atoms. The number of hydrogen-bond donors (Lipinski definition) is 1. The minimum absolute atomic E-state index is 0.236. The van der Waals surface area contributed by atoms with E-state index in [2.05, 4.69) is 12.2 Å². The van der Waals surface area contributed by atoms with Crippen LogP contribution in [-0.2, 0) is 6.54 Å². The van der Waals surface area contributed by atoms with Crippen LogP contribution in [0.1, 0.15) is 24.1 Å². The van der Waals surface area contributed by atoms with E-state index in [9.17, 15) is 0 Å². The van der Waals surface area contributed by atoms with Crippen LogP contribution < -0.4 is 14.8 Å². The average Bonchev–Trinajstić information content (AvgIpc) is 2.52. The maximum absolute atomic E-state index is 5.91. The third-order valence-electron chi connectivity index (χ3n) is 3.39. The molecule has 3 nitrogen and oxygen atoms in total. The van der Waals surface area contributed by atoms with Gasteiger partial charge in [0.15, 0.2) is 0 Å². The van der Waals surface area contributed by atoms with Crippen molar-refractivity contribution in [3.8, 4) is 11.5 Å². The van der Waals surface area contributed by atoms with Gasteiger partial charge in [0, 0.05) is 23.7 Å². The lowest BCUT2D eigenvalue weighted by molar-refractivity contribution is 0.392. The van der Waals surface area contributed by atoms with Crippen molar-refractivity contribution in [3.63, 3.8) is 0 Å². The molecule has 0 aliphatic heterocycles. The lowest BCUT2D eigenvalue weighted by atomic mass is 10.1. The molecule has 0 saturated heterocycles. The van der Waals surface area contributed by atoms with Crippen LogP contribution in [0, 0.1) is 0 Å². The highest BCUT2D eigenvalue weighted by molar-refractivity contribution is 6.30. The summed E-state index contributed by atoms with van der Waals surface area (Å²) in [6.45, 7) is 2.86. The molecule has 0 amide bonds. The highest BCUT2D eigenvalue weighted by Crippen LogP contribution is 2.23. The van der Waals surface area contributed by atoms with Crippen molar-refractivity contribution in [2.75, 3.05) is 14.2 Å². The average molecular weight is 306 g/mol. The van der Waals surface area contributed by atoms with E-state index in [1.807, 2.05) is 42.5 Å². The molecule has 0 aliphatic rings. The molecule has 2 aromatic rings. The number of ether oxygens (including phenoxy) is 2. The zero-order valence-electron chi connectivity index (χ0n) is 12.5. The van der Waals surface area contributed by atoms with Crippen LogP contribution in [0.2, 0.25) is 5.02 Å². The Kier molecular flexibility index (Phi) is 5.48. The Morgan fingerprint density at radius 2 is 1.57 bits per heavy atom. The van der Waals surface area contributed by atoms with Crippen molar-refractivity contribution in [3.05, 3.63) is 58.6 Å². The van der Waals surface area contributed by atoms with Crippen LogP contribution in [0.25, 0.3) is 0 Å². The molecule has 0 aromatic heterocycles. The fourth-order valence-corrected chi connectivity index (χ4v) is 2.23. The predicted molar refractivity (Wildman–Crippen MR) is 86.3 cm³/mol. The van der Waals surface area contributed by atoms with E-state index in [4.69, 9.17) is 21.1 Å². The molecule has 0 fully saturated rings. The van der Waals surface area contributed by atoms with Crippen LogP contribution >= 0.6 is 11.6 Å². The molecule has 0 spiro atoms. The topological polar surface area (TPSA) is 30.5 Å². The van der Waals surface area contributed by atoms with Crippen molar-refractivity contribution < 1.29 is 9.47 Å². The summed E-state index contributed by atoms with van der Waals surface area (Å²) in [7, 11) is 3.31. The van der Waals surface area contributed by atoms with E-state index in [1.165, 1.54) is 5.56 Å². The van der Waals surface area contributed by atoms with Crippen LogP contribution in [0.5, 0.6) is 11.5 Å². The Bertz CT molecular complexity index is 562. The van der Waals surface area contributed by atoms with Gasteiger partial charge in [0.25, 0.3) is 0 Å². The molecule has 1 atom stereocenters. The Balaban J connectivity index is 2.03. The van der Waals surface area contributed by atoms with Gasteiger partial charge in [0.2, 0.25) is 0 Å². The van der Waals surface area contributed by atoms with Gasteiger partial charge in [-0.2, -0.15) is 0 Å². The largest absolute Gasteiger partial charge is 0.497 e. The Morgan fingerprint density at radius 1 is 1.00 bits per heavy atom. The molecule has 112 valence electrons. The van der Waals surface area contributed by atoms with Gasteiger partial charge in [-0.25, -0.2) is 0 Å². The number of rotatable bonds is 6. The van der Waals surface area contributed by atoms with Crippen LogP contribution in [0.15, 0.2) is 42.5 Å². The molecule has 2 aromatic carbocycles. The van der Waals surface area contributed by atoms with Crippen molar-refractivity contribution in [1.82, 2.24) is 5.32 Å². The van der Waals surface area contributed by atoms with Gasteiger partial charge in [0.05, 0.1) is 14.2 Å². The van der Waals surface area contributed by atoms with E-state index in [0.717, 1.165) is 28.6 Å². The lowest BCUT2D eigenvalue weighted by Crippen LogP contribution is -2.18. The Hall–Kier alpha value is -1.71. The zero-order chi connectivity index (χ0) is 15.2. The Morgan fingerprint density at radius 3 is 2.10 bits per heavy atom. The second-order valence-corrected chi connectivity index (χ2v) is 5.31. The molecule has 0 aliphatic carbocycles. The number of benzene rings is 2. The van der Waals surface area contributed by atoms with Crippen molar-refractivity contribution >= 4 is 11.6 Å². The highest BCUT2D eigenvalue weighted by atomic mass is 35.5. The molecule has 0 heterocycles. The highest BCUT2D eigenvalue weighted by Gasteiger charge is 2.06. The SMILES string of the molecule is COc1cc(CN[C@@H](C)c2ccc(Cl)cc2)cc(OC)c1. The third kappa shape index (κ3) is 4.38. The summed E-state index contributed by atoms with van der Waals surface area (Å²) in [4.78, 5) is 0. The van der Waals surface area contributed by atoms with Gasteiger partial charge >= 0.3 is 0 Å². The predicted octanol–water partition coefficient (Wildman–Crippen LogP) is 4.21. The zero-order valence-corrected chi connectivity index (χ0v) is 13.3. The number of methoxy groups -OCH3 is 2. The maximum Gasteiger partial charge on any atom is 0.122 e. The van der Waals surface area contributed by atoms with Gasteiger partial charge in [-0.1, -0.05) is 23.7 Å². The minimum Gasteiger partial charge on any atom is -0.497 e. The van der Waals surface area contributed by atoms with Gasteiger partial charge in [0.1, 0.15) is 11.5 Å². The van der Waals surface area contributed by atoms with Crippen LogP contribution in [-0.4, -0.2) is 14.2 Å². The van der Waals surface area contributed by atoms with Crippen molar-refractivity contribution in [1.29, 1.82) is 0 Å². The fraction of sp³-hybridized carbons (Fsp3) is 0.294. The smallest absolute Gasteiger partial charge is 0.122 e. The third-order valence-corrected chi connectivity index (χ3v) is 3.65. The first-order valence-corrected chi connectivity index (χ1v) is 7.21. The summed E-state index contributed by atoms with van der Waals surface area (Å²) in [6.07, 6.45) is 0. The van der Waals surface area contributed by atoms with Crippen LogP contribution in [0.4, 0.5) is 0 Å². The normalized spacial score (nSPS) is 12.0. The fourth-order valence-electron chi connectivity index (χ4n) is 2.11. The molecule has 21 heavy (non-hydrogen) atoms. The summed E-state index contributed by atoms with van der Waals surface area (Å²) in [5.74, 6) is 1.59. The first-order valence-electron chi connectivity index (χ1n) is 6.83. The first kappa shape index (κ1) is 15.7. The summed E-state index contributed by atoms with van der Waals surface area (Å²) in [5, 5.41) is 4.24. The Labute approximate surface area is 130 Å². The van der Waals surface area contributed by atoms with Gasteiger partial charge in [-0.3, -0.25) is 0 Å². The van der Waals surface area contributed by atoms with E-state index in [0.29, 0.717) is 0 Å². The van der Waals surface area contributed by atoms with E-state index < -0.39 is 0 Å². The molecule has 4 heteroatoms. The summed E-state index contributed by atoms with van der Waals surface area (Å²) in [5.41, 5.74) is 2.32. The number of hydrogen-bond acceptors (Lipinski definition) is 3. The second-order valence-electron chi connectivity index (χ2n) is 4.88. The van der Waals surface area contributed by atoms with Gasteiger partial charge in [-0.15, -0.1) is 0 Å². The number of halogens is 1. The molecular formula is C17H20ClNO2.